The fraction of sp³-hybridized carbons (Fsp3) is 0.417. The van der Waals surface area contributed by atoms with Crippen LogP contribution >= 0.6 is 0 Å². The summed E-state index contributed by atoms with van der Waals surface area (Å²) in [6.45, 7) is 2.67. The predicted octanol–water partition coefficient (Wildman–Crippen LogP) is 2.50. The molecule has 1 aromatic rings. The normalized spacial score (nSPS) is 9.73. The Morgan fingerprint density at radius 1 is 1.27 bits per heavy atom. The molecule has 0 saturated heterocycles. The Morgan fingerprint density at radius 2 is 1.87 bits per heavy atom. The molecular weight excluding hydrogens is 190 g/mol. The first-order valence-electron chi connectivity index (χ1n) is 5.16. The Balaban J connectivity index is 2.45. The second-order valence-electron chi connectivity index (χ2n) is 3.41. The third-order valence-electron chi connectivity index (χ3n) is 2.18. The lowest BCUT2D eigenvalue weighted by Crippen LogP contribution is -2.22. The zero-order chi connectivity index (χ0) is 11.1. The van der Waals surface area contributed by atoms with Crippen LogP contribution in [0.3, 0.4) is 0 Å². The van der Waals surface area contributed by atoms with E-state index in [1.165, 1.54) is 12.7 Å². The van der Waals surface area contributed by atoms with Gasteiger partial charge in [0.05, 0.1) is 7.11 Å². The van der Waals surface area contributed by atoms with Crippen molar-refractivity contribution in [2.45, 2.75) is 26.3 Å². The first kappa shape index (κ1) is 11.6. The van der Waals surface area contributed by atoms with E-state index in [9.17, 15) is 4.79 Å². The highest BCUT2D eigenvalue weighted by Crippen LogP contribution is 2.06. The van der Waals surface area contributed by atoms with Crippen LogP contribution in [0.15, 0.2) is 24.3 Å². The van der Waals surface area contributed by atoms with Gasteiger partial charge in [0.2, 0.25) is 0 Å². The summed E-state index contributed by atoms with van der Waals surface area (Å²) < 4.78 is 4.48. The molecule has 15 heavy (non-hydrogen) atoms. The minimum absolute atomic E-state index is 0.396. The summed E-state index contributed by atoms with van der Waals surface area (Å²) in [6.07, 6.45) is 1.86. The van der Waals surface area contributed by atoms with E-state index in [1.54, 1.807) is 0 Å². The van der Waals surface area contributed by atoms with E-state index >= 15 is 0 Å². The monoisotopic (exact) mass is 207 g/mol. The Kier molecular flexibility index (Phi) is 4.68. The molecule has 1 N–H and O–H groups in total. The maximum absolute atomic E-state index is 10.8. The van der Waals surface area contributed by atoms with Crippen LogP contribution in [-0.4, -0.2) is 13.2 Å². The molecule has 3 nitrogen and oxygen atoms in total. The molecular formula is C12H17NO2. The number of aryl methyl sites for hydroxylation is 1. The fourth-order valence-corrected chi connectivity index (χ4v) is 1.36. The van der Waals surface area contributed by atoms with Gasteiger partial charge in [0.1, 0.15) is 0 Å². The quantitative estimate of drug-likeness (QED) is 0.823. The van der Waals surface area contributed by atoms with E-state index in [2.05, 4.69) is 29.1 Å². The third-order valence-corrected chi connectivity index (χ3v) is 2.18. The molecule has 0 aliphatic rings. The zero-order valence-corrected chi connectivity index (χ0v) is 9.25. The molecule has 0 atom stereocenters. The summed E-state index contributed by atoms with van der Waals surface area (Å²) in [4.78, 5) is 10.8. The Morgan fingerprint density at radius 3 is 2.40 bits per heavy atom. The molecule has 0 heterocycles. The Hall–Kier alpha value is -1.51. The van der Waals surface area contributed by atoms with Gasteiger partial charge in [-0.15, -0.1) is 0 Å². The third kappa shape index (κ3) is 4.02. The van der Waals surface area contributed by atoms with E-state index in [0.717, 1.165) is 18.4 Å². The van der Waals surface area contributed by atoms with Crippen molar-refractivity contribution in [3.63, 3.8) is 0 Å². The van der Waals surface area contributed by atoms with Crippen LogP contribution in [0.5, 0.6) is 0 Å². The van der Waals surface area contributed by atoms with Crippen LogP contribution in [0.2, 0.25) is 0 Å². The van der Waals surface area contributed by atoms with Gasteiger partial charge < -0.3 is 10.1 Å². The number of carbonyl (C=O) groups excluding carboxylic acids is 1. The van der Waals surface area contributed by atoms with Crippen molar-refractivity contribution in [1.82, 2.24) is 5.32 Å². The smallest absolute Gasteiger partial charge is 0.407 e. The van der Waals surface area contributed by atoms with Crippen molar-refractivity contribution in [3.8, 4) is 0 Å². The van der Waals surface area contributed by atoms with E-state index in [1.807, 2.05) is 12.1 Å². The highest BCUT2D eigenvalue weighted by molar-refractivity contribution is 5.66. The van der Waals surface area contributed by atoms with Gasteiger partial charge in [-0.05, 0) is 17.5 Å². The number of alkyl carbamates (subject to hydrolysis) is 1. The van der Waals surface area contributed by atoms with Gasteiger partial charge in [-0.25, -0.2) is 4.79 Å². The molecule has 0 fully saturated rings. The fourth-order valence-electron chi connectivity index (χ4n) is 1.36. The second-order valence-corrected chi connectivity index (χ2v) is 3.41. The van der Waals surface area contributed by atoms with Gasteiger partial charge in [-0.1, -0.05) is 37.6 Å². The molecule has 0 unspecified atom stereocenters. The largest absolute Gasteiger partial charge is 0.453 e. The summed E-state index contributed by atoms with van der Waals surface area (Å²) >= 11 is 0. The number of methoxy groups -OCH3 is 1. The number of benzene rings is 1. The van der Waals surface area contributed by atoms with Gasteiger partial charge in [-0.3, -0.25) is 0 Å². The van der Waals surface area contributed by atoms with Crippen LogP contribution in [-0.2, 0) is 17.7 Å². The van der Waals surface area contributed by atoms with Crippen molar-refractivity contribution >= 4 is 6.09 Å². The molecule has 1 aromatic carbocycles. The molecule has 1 rings (SSSR count). The van der Waals surface area contributed by atoms with Crippen LogP contribution in [0.4, 0.5) is 4.79 Å². The van der Waals surface area contributed by atoms with Crippen molar-refractivity contribution in [2.24, 2.45) is 0 Å². The molecule has 0 spiro atoms. The standard InChI is InChI=1S/C12H17NO2/c1-3-4-10-5-7-11(8-6-10)9-13-12(14)15-2/h5-8H,3-4,9H2,1-2H3,(H,13,14). The minimum Gasteiger partial charge on any atom is -0.453 e. The van der Waals surface area contributed by atoms with Crippen molar-refractivity contribution in [1.29, 1.82) is 0 Å². The first-order valence-corrected chi connectivity index (χ1v) is 5.16. The van der Waals surface area contributed by atoms with Crippen LogP contribution < -0.4 is 5.32 Å². The maximum atomic E-state index is 10.8. The SMILES string of the molecule is CCCc1ccc(CNC(=O)OC)cc1. The highest BCUT2D eigenvalue weighted by Gasteiger charge is 1.98. The Bertz CT molecular complexity index is 306. The molecule has 3 heteroatoms. The second kappa shape index (κ2) is 6.06. The van der Waals surface area contributed by atoms with Gasteiger partial charge in [-0.2, -0.15) is 0 Å². The van der Waals surface area contributed by atoms with Crippen molar-refractivity contribution < 1.29 is 9.53 Å². The summed E-state index contributed by atoms with van der Waals surface area (Å²) in [5.74, 6) is 0. The molecule has 82 valence electrons. The van der Waals surface area contributed by atoms with Gasteiger partial charge >= 0.3 is 6.09 Å². The lowest BCUT2D eigenvalue weighted by atomic mass is 10.1. The van der Waals surface area contributed by atoms with Crippen LogP contribution in [0.1, 0.15) is 24.5 Å². The molecule has 0 aliphatic heterocycles. The highest BCUT2D eigenvalue weighted by atomic mass is 16.5. The number of hydrogen-bond donors (Lipinski definition) is 1. The number of nitrogens with one attached hydrogen (secondary N) is 1. The minimum atomic E-state index is -0.396. The average molecular weight is 207 g/mol. The number of carbonyl (C=O) groups is 1. The number of rotatable bonds is 4. The topological polar surface area (TPSA) is 38.3 Å². The maximum Gasteiger partial charge on any atom is 0.407 e. The first-order chi connectivity index (χ1) is 7.26. The lowest BCUT2D eigenvalue weighted by Gasteiger charge is -2.04. The van der Waals surface area contributed by atoms with Crippen LogP contribution in [0.25, 0.3) is 0 Å². The summed E-state index contributed by atoms with van der Waals surface area (Å²) in [6, 6.07) is 8.25. The van der Waals surface area contributed by atoms with Crippen LogP contribution in [0, 0.1) is 0 Å². The summed E-state index contributed by atoms with van der Waals surface area (Å²) in [5.41, 5.74) is 2.42. The molecule has 0 bridgehead atoms. The van der Waals surface area contributed by atoms with Gasteiger partial charge in [0.15, 0.2) is 0 Å². The number of ether oxygens (including phenoxy) is 1. The van der Waals surface area contributed by atoms with E-state index in [0.29, 0.717) is 6.54 Å². The van der Waals surface area contributed by atoms with E-state index in [4.69, 9.17) is 0 Å². The molecule has 0 radical (unpaired) electrons. The molecule has 0 saturated carbocycles. The number of hydrogen-bond acceptors (Lipinski definition) is 2. The molecule has 0 aliphatic carbocycles. The van der Waals surface area contributed by atoms with Crippen molar-refractivity contribution in [2.75, 3.05) is 7.11 Å². The molecule has 1 amide bonds. The average Bonchev–Trinajstić information content (AvgIpc) is 2.28. The van der Waals surface area contributed by atoms with E-state index in [-0.39, 0.29) is 0 Å². The number of amides is 1. The van der Waals surface area contributed by atoms with Crippen molar-refractivity contribution in [3.05, 3.63) is 35.4 Å². The Labute approximate surface area is 90.4 Å². The summed E-state index contributed by atoms with van der Waals surface area (Å²) in [5, 5.41) is 2.64. The van der Waals surface area contributed by atoms with E-state index < -0.39 is 6.09 Å². The molecule has 0 aromatic heterocycles. The van der Waals surface area contributed by atoms with Gasteiger partial charge in [0.25, 0.3) is 0 Å². The lowest BCUT2D eigenvalue weighted by molar-refractivity contribution is 0.170. The van der Waals surface area contributed by atoms with Gasteiger partial charge in [0, 0.05) is 6.54 Å². The predicted molar refractivity (Wildman–Crippen MR) is 59.7 cm³/mol. The summed E-state index contributed by atoms with van der Waals surface area (Å²) in [7, 11) is 1.36. The zero-order valence-electron chi connectivity index (χ0n) is 9.25.